The minimum Gasteiger partial charge on any atom is -0.342 e. The summed E-state index contributed by atoms with van der Waals surface area (Å²) in [6.07, 6.45) is 0. The van der Waals surface area contributed by atoms with E-state index in [2.05, 4.69) is 15.5 Å². The molecule has 0 spiro atoms. The van der Waals surface area contributed by atoms with E-state index >= 15 is 0 Å². The molecule has 3 aromatic rings. The lowest BCUT2D eigenvalue weighted by Gasteiger charge is -2.18. The number of nitrogens with one attached hydrogen (secondary N) is 1. The summed E-state index contributed by atoms with van der Waals surface area (Å²) in [6, 6.07) is 18.0. The second-order valence-corrected chi connectivity index (χ2v) is 7.89. The van der Waals surface area contributed by atoms with Crippen LogP contribution in [0.15, 0.2) is 65.8 Å². The van der Waals surface area contributed by atoms with Crippen LogP contribution in [0.1, 0.15) is 59.4 Å². The highest BCUT2D eigenvalue weighted by atomic mass is 32.2. The van der Waals surface area contributed by atoms with Gasteiger partial charge < -0.3 is 9.88 Å². The van der Waals surface area contributed by atoms with Gasteiger partial charge in [0.25, 0.3) is 5.91 Å². The number of aromatic nitrogens is 3. The maximum atomic E-state index is 12.5. The first-order valence-electron chi connectivity index (χ1n) is 9.49. The van der Waals surface area contributed by atoms with E-state index in [-0.39, 0.29) is 29.5 Å². The van der Waals surface area contributed by atoms with Crippen molar-refractivity contribution in [1.29, 1.82) is 0 Å². The molecule has 1 atom stereocenters. The van der Waals surface area contributed by atoms with E-state index in [9.17, 15) is 9.59 Å². The molecular weight excluding hydrogens is 384 g/mol. The number of hydrogen-bond acceptors (Lipinski definition) is 5. The Morgan fingerprint density at radius 1 is 0.931 bits per heavy atom. The van der Waals surface area contributed by atoms with Crippen LogP contribution in [0.2, 0.25) is 0 Å². The van der Waals surface area contributed by atoms with Gasteiger partial charge in [-0.05, 0) is 32.9 Å². The molecule has 29 heavy (non-hydrogen) atoms. The lowest BCUT2D eigenvalue weighted by atomic mass is 10.2. The fourth-order valence-electron chi connectivity index (χ4n) is 2.94. The van der Waals surface area contributed by atoms with Gasteiger partial charge in [-0.1, -0.05) is 60.3 Å². The number of amides is 1. The minimum absolute atomic E-state index is 0.0425. The molecule has 1 aromatic heterocycles. The van der Waals surface area contributed by atoms with Crippen LogP contribution < -0.4 is 5.32 Å². The lowest BCUT2D eigenvalue weighted by Crippen LogP contribution is -2.29. The molecule has 0 bridgehead atoms. The quantitative estimate of drug-likeness (QED) is 0.444. The predicted octanol–water partition coefficient (Wildman–Crippen LogP) is 4.33. The van der Waals surface area contributed by atoms with Crippen molar-refractivity contribution in [3.05, 3.63) is 77.6 Å². The summed E-state index contributed by atoms with van der Waals surface area (Å²) >= 11 is 1.36. The highest BCUT2D eigenvalue weighted by molar-refractivity contribution is 7.99. The zero-order chi connectivity index (χ0) is 20.8. The Labute approximate surface area is 174 Å². The van der Waals surface area contributed by atoms with Crippen LogP contribution in [-0.4, -0.2) is 32.2 Å². The number of thioether (sulfide) groups is 1. The molecule has 0 saturated heterocycles. The zero-order valence-corrected chi connectivity index (χ0v) is 17.5. The smallest absolute Gasteiger partial charge is 0.251 e. The number of rotatable bonds is 8. The summed E-state index contributed by atoms with van der Waals surface area (Å²) in [5, 5.41) is 12.2. The van der Waals surface area contributed by atoms with Crippen LogP contribution >= 0.6 is 11.8 Å². The van der Waals surface area contributed by atoms with E-state index < -0.39 is 0 Å². The first-order chi connectivity index (χ1) is 14.0. The van der Waals surface area contributed by atoms with Gasteiger partial charge in [0.1, 0.15) is 0 Å². The third kappa shape index (κ3) is 5.12. The summed E-state index contributed by atoms with van der Waals surface area (Å²) < 4.78 is 1.97. The fraction of sp³-hybridized carbons (Fsp3) is 0.273. The molecule has 0 fully saturated rings. The van der Waals surface area contributed by atoms with E-state index in [1.807, 2.05) is 73.9 Å². The van der Waals surface area contributed by atoms with Gasteiger partial charge in [-0.15, -0.1) is 10.2 Å². The van der Waals surface area contributed by atoms with Crippen LogP contribution in [0.4, 0.5) is 0 Å². The molecule has 0 saturated carbocycles. The highest BCUT2D eigenvalue weighted by Gasteiger charge is 2.22. The van der Waals surface area contributed by atoms with Crippen LogP contribution in [0.5, 0.6) is 0 Å². The summed E-state index contributed by atoms with van der Waals surface area (Å²) in [7, 11) is 0. The second-order valence-electron chi connectivity index (χ2n) is 6.94. The molecule has 1 heterocycles. The molecule has 1 amide bonds. The first-order valence-corrected chi connectivity index (χ1v) is 10.5. The molecule has 2 aromatic carbocycles. The van der Waals surface area contributed by atoms with Gasteiger partial charge in [-0.2, -0.15) is 0 Å². The molecule has 0 unspecified atom stereocenters. The monoisotopic (exact) mass is 408 g/mol. The van der Waals surface area contributed by atoms with Crippen molar-refractivity contribution in [3.8, 4) is 0 Å². The van der Waals surface area contributed by atoms with E-state index in [1.54, 1.807) is 12.1 Å². The van der Waals surface area contributed by atoms with Crippen LogP contribution in [0.25, 0.3) is 0 Å². The molecular formula is C22H24N4O2S. The van der Waals surface area contributed by atoms with Crippen molar-refractivity contribution >= 4 is 23.5 Å². The van der Waals surface area contributed by atoms with Crippen molar-refractivity contribution in [1.82, 2.24) is 20.1 Å². The average Bonchev–Trinajstić information content (AvgIpc) is 3.17. The SMILES string of the molecule is CC(C)n1c(SCC(=O)c2ccccc2)nnc1[C@H](C)NC(=O)c1ccccc1. The minimum atomic E-state index is -0.322. The Morgan fingerprint density at radius 2 is 1.52 bits per heavy atom. The van der Waals surface area contributed by atoms with Crippen molar-refractivity contribution in [3.63, 3.8) is 0 Å². The van der Waals surface area contributed by atoms with Crippen LogP contribution in [0, 0.1) is 0 Å². The van der Waals surface area contributed by atoms with Crippen LogP contribution in [0.3, 0.4) is 0 Å². The molecule has 6 nitrogen and oxygen atoms in total. The topological polar surface area (TPSA) is 76.9 Å². The Bertz CT molecular complexity index is 971. The summed E-state index contributed by atoms with van der Waals surface area (Å²) in [6.45, 7) is 5.94. The summed E-state index contributed by atoms with van der Waals surface area (Å²) in [4.78, 5) is 24.9. The Balaban J connectivity index is 1.72. The van der Waals surface area contributed by atoms with Gasteiger partial charge >= 0.3 is 0 Å². The maximum absolute atomic E-state index is 12.5. The number of hydrogen-bond donors (Lipinski definition) is 1. The molecule has 3 rings (SSSR count). The van der Waals surface area contributed by atoms with Gasteiger partial charge in [0, 0.05) is 17.2 Å². The fourth-order valence-corrected chi connectivity index (χ4v) is 3.91. The largest absolute Gasteiger partial charge is 0.342 e. The van der Waals surface area contributed by atoms with Crippen molar-refractivity contribution < 1.29 is 9.59 Å². The van der Waals surface area contributed by atoms with Gasteiger partial charge in [0.15, 0.2) is 16.8 Å². The Kier molecular flexibility index (Phi) is 6.82. The normalized spacial score (nSPS) is 12.0. The molecule has 0 aliphatic rings. The number of ketones is 1. The van der Waals surface area contributed by atoms with Crippen molar-refractivity contribution in [2.24, 2.45) is 0 Å². The maximum Gasteiger partial charge on any atom is 0.251 e. The third-order valence-corrected chi connectivity index (χ3v) is 5.35. The van der Waals surface area contributed by atoms with Crippen LogP contribution in [-0.2, 0) is 0 Å². The standard InChI is InChI=1S/C22H24N4O2S/c1-15(2)26-20(16(3)23-21(28)18-12-8-5-9-13-18)24-25-22(26)29-14-19(27)17-10-6-4-7-11-17/h4-13,15-16H,14H2,1-3H3,(H,23,28)/t16-/m0/s1. The third-order valence-electron chi connectivity index (χ3n) is 4.41. The van der Waals surface area contributed by atoms with Gasteiger partial charge in [-0.25, -0.2) is 0 Å². The second kappa shape index (κ2) is 9.52. The van der Waals surface area contributed by atoms with E-state index in [0.29, 0.717) is 22.1 Å². The molecule has 1 N–H and O–H groups in total. The lowest BCUT2D eigenvalue weighted by molar-refractivity contribution is 0.0936. The van der Waals surface area contributed by atoms with E-state index in [1.165, 1.54) is 11.8 Å². The summed E-state index contributed by atoms with van der Waals surface area (Å²) in [5.74, 6) is 0.823. The number of benzene rings is 2. The number of nitrogens with zero attached hydrogens (tertiary/aromatic N) is 3. The van der Waals surface area contributed by atoms with Gasteiger partial charge in [-0.3, -0.25) is 9.59 Å². The Morgan fingerprint density at radius 3 is 2.10 bits per heavy atom. The number of Topliss-reactive ketones (excluding diaryl/α,β-unsaturated/α-hetero) is 1. The van der Waals surface area contributed by atoms with Gasteiger partial charge in [0.05, 0.1) is 11.8 Å². The molecule has 150 valence electrons. The van der Waals surface area contributed by atoms with E-state index in [4.69, 9.17) is 0 Å². The average molecular weight is 409 g/mol. The summed E-state index contributed by atoms with van der Waals surface area (Å²) in [5.41, 5.74) is 1.28. The zero-order valence-electron chi connectivity index (χ0n) is 16.7. The molecule has 0 aliphatic carbocycles. The number of carbonyl (C=O) groups excluding carboxylic acids is 2. The molecule has 0 radical (unpaired) electrons. The van der Waals surface area contributed by atoms with Crippen molar-refractivity contribution in [2.45, 2.75) is 38.0 Å². The Hall–Kier alpha value is -2.93. The number of carbonyl (C=O) groups is 2. The molecule has 7 heteroatoms. The first kappa shape index (κ1) is 20.8. The predicted molar refractivity (Wildman–Crippen MR) is 114 cm³/mol. The van der Waals surface area contributed by atoms with Crippen molar-refractivity contribution in [2.75, 3.05) is 5.75 Å². The van der Waals surface area contributed by atoms with E-state index in [0.717, 1.165) is 0 Å². The molecule has 0 aliphatic heterocycles. The van der Waals surface area contributed by atoms with Gasteiger partial charge in [0.2, 0.25) is 0 Å². The highest BCUT2D eigenvalue weighted by Crippen LogP contribution is 2.25.